The molecule has 0 amide bonds. The van der Waals surface area contributed by atoms with Crippen LogP contribution in [-0.4, -0.2) is 26.8 Å². The lowest BCUT2D eigenvalue weighted by atomic mass is 10.4. The van der Waals surface area contributed by atoms with E-state index in [9.17, 15) is 8.42 Å². The summed E-state index contributed by atoms with van der Waals surface area (Å²) < 4.78 is 31.0. The van der Waals surface area contributed by atoms with Crippen LogP contribution in [0.25, 0.3) is 0 Å². The van der Waals surface area contributed by atoms with Gasteiger partial charge in [-0.1, -0.05) is 13.8 Å². The molecular formula is C11H20N2O3S. The van der Waals surface area contributed by atoms with Crippen LogP contribution in [0.15, 0.2) is 16.5 Å². The number of hydrogen-bond acceptors (Lipinski definition) is 4. The zero-order chi connectivity index (χ0) is 12.9. The highest BCUT2D eigenvalue weighted by molar-refractivity contribution is 7.89. The molecule has 1 aromatic rings. The number of sulfonamides is 1. The van der Waals surface area contributed by atoms with Gasteiger partial charge in [-0.2, -0.15) is 0 Å². The summed E-state index contributed by atoms with van der Waals surface area (Å²) in [4.78, 5) is 0. The van der Waals surface area contributed by atoms with Gasteiger partial charge in [0, 0.05) is 12.6 Å². The van der Waals surface area contributed by atoms with Gasteiger partial charge < -0.3 is 9.73 Å². The van der Waals surface area contributed by atoms with Gasteiger partial charge in [0.25, 0.3) is 0 Å². The Hall–Kier alpha value is -0.850. The smallest absolute Gasteiger partial charge is 0.213 e. The maximum atomic E-state index is 11.6. The molecule has 0 bridgehead atoms. The summed E-state index contributed by atoms with van der Waals surface area (Å²) in [5.74, 6) is 1.48. The van der Waals surface area contributed by atoms with E-state index in [2.05, 4.69) is 10.0 Å². The monoisotopic (exact) mass is 260 g/mol. The van der Waals surface area contributed by atoms with Crippen molar-refractivity contribution in [3.05, 3.63) is 23.7 Å². The van der Waals surface area contributed by atoms with Crippen molar-refractivity contribution in [1.82, 2.24) is 10.0 Å². The molecule has 1 rings (SSSR count). The van der Waals surface area contributed by atoms with E-state index in [4.69, 9.17) is 4.42 Å². The van der Waals surface area contributed by atoms with E-state index in [0.717, 1.165) is 5.76 Å². The second-order valence-electron chi connectivity index (χ2n) is 4.26. The molecule has 6 heteroatoms. The first-order valence-corrected chi connectivity index (χ1v) is 7.30. The molecule has 0 fully saturated rings. The number of furan rings is 1. The van der Waals surface area contributed by atoms with E-state index in [-0.39, 0.29) is 18.3 Å². The van der Waals surface area contributed by atoms with Gasteiger partial charge in [-0.3, -0.25) is 0 Å². The van der Waals surface area contributed by atoms with Crippen LogP contribution in [0.4, 0.5) is 0 Å². The predicted molar refractivity (Wildman–Crippen MR) is 67.2 cm³/mol. The molecule has 5 nitrogen and oxygen atoms in total. The van der Waals surface area contributed by atoms with Gasteiger partial charge in [-0.05, 0) is 19.1 Å². The largest absolute Gasteiger partial charge is 0.465 e. The van der Waals surface area contributed by atoms with Gasteiger partial charge in [0.2, 0.25) is 10.0 Å². The van der Waals surface area contributed by atoms with E-state index >= 15 is 0 Å². The molecule has 0 aliphatic heterocycles. The number of nitrogens with one attached hydrogen (secondary N) is 2. The minimum absolute atomic E-state index is 0.0743. The average Bonchev–Trinajstić information content (AvgIpc) is 2.61. The maximum Gasteiger partial charge on any atom is 0.213 e. The molecule has 0 aliphatic rings. The zero-order valence-electron chi connectivity index (χ0n) is 10.5. The molecule has 0 unspecified atom stereocenters. The van der Waals surface area contributed by atoms with Crippen LogP contribution in [0.1, 0.15) is 25.4 Å². The van der Waals surface area contributed by atoms with E-state index in [1.54, 1.807) is 6.07 Å². The molecule has 1 heterocycles. The Labute approximate surface area is 103 Å². The minimum atomic E-state index is -3.24. The normalized spacial score (nSPS) is 12.2. The first kappa shape index (κ1) is 14.2. The predicted octanol–water partition coefficient (Wildman–Crippen LogP) is 1.01. The molecule has 0 radical (unpaired) electrons. The Balaban J connectivity index is 2.34. The summed E-state index contributed by atoms with van der Waals surface area (Å²) in [6, 6.07) is 3.87. The molecule has 1 aromatic heterocycles. The van der Waals surface area contributed by atoms with E-state index in [0.29, 0.717) is 12.3 Å². The van der Waals surface area contributed by atoms with Crippen molar-refractivity contribution in [2.24, 2.45) is 0 Å². The number of hydrogen-bond donors (Lipinski definition) is 2. The van der Waals surface area contributed by atoms with Crippen LogP contribution in [0.2, 0.25) is 0 Å². The summed E-state index contributed by atoms with van der Waals surface area (Å²) in [7, 11) is -3.24. The maximum absolute atomic E-state index is 11.6. The lowest BCUT2D eigenvalue weighted by molar-refractivity contribution is 0.475. The summed E-state index contributed by atoms with van der Waals surface area (Å²) in [5, 5.41) is 3.06. The summed E-state index contributed by atoms with van der Waals surface area (Å²) >= 11 is 0. The van der Waals surface area contributed by atoms with E-state index in [1.165, 1.54) is 0 Å². The van der Waals surface area contributed by atoms with Crippen LogP contribution in [0, 0.1) is 6.92 Å². The summed E-state index contributed by atoms with van der Waals surface area (Å²) in [5.41, 5.74) is 0. The first-order valence-electron chi connectivity index (χ1n) is 5.65. The standard InChI is InChI=1S/C11H20N2O3S/c1-9(2)12-6-7-17(14,15)13-8-11-5-4-10(3)16-11/h4-5,9,12-13H,6-8H2,1-3H3. The molecule has 0 spiro atoms. The Bertz CT molecular complexity index is 437. The topological polar surface area (TPSA) is 71.3 Å². The van der Waals surface area contributed by atoms with Crippen LogP contribution in [-0.2, 0) is 16.6 Å². The van der Waals surface area contributed by atoms with E-state index < -0.39 is 10.0 Å². The highest BCUT2D eigenvalue weighted by Gasteiger charge is 2.10. The van der Waals surface area contributed by atoms with Crippen molar-refractivity contribution >= 4 is 10.0 Å². The van der Waals surface area contributed by atoms with Gasteiger partial charge in [-0.15, -0.1) is 0 Å². The second kappa shape index (κ2) is 6.18. The van der Waals surface area contributed by atoms with Crippen molar-refractivity contribution in [2.75, 3.05) is 12.3 Å². The first-order chi connectivity index (χ1) is 7.89. The zero-order valence-corrected chi connectivity index (χ0v) is 11.3. The molecule has 0 saturated carbocycles. The Morgan fingerprint density at radius 3 is 2.59 bits per heavy atom. The lowest BCUT2D eigenvalue weighted by Crippen LogP contribution is -2.34. The molecule has 0 saturated heterocycles. The van der Waals surface area contributed by atoms with Crippen molar-refractivity contribution < 1.29 is 12.8 Å². The highest BCUT2D eigenvalue weighted by atomic mass is 32.2. The van der Waals surface area contributed by atoms with Crippen molar-refractivity contribution in [1.29, 1.82) is 0 Å². The van der Waals surface area contributed by atoms with Crippen LogP contribution in [0.5, 0.6) is 0 Å². The fraction of sp³-hybridized carbons (Fsp3) is 0.636. The summed E-state index contributed by atoms with van der Waals surface area (Å²) in [6.45, 7) is 6.43. The fourth-order valence-electron chi connectivity index (χ4n) is 1.32. The van der Waals surface area contributed by atoms with E-state index in [1.807, 2.05) is 26.8 Å². The van der Waals surface area contributed by atoms with Crippen molar-refractivity contribution in [3.8, 4) is 0 Å². The highest BCUT2D eigenvalue weighted by Crippen LogP contribution is 2.05. The van der Waals surface area contributed by atoms with Crippen LogP contribution in [0.3, 0.4) is 0 Å². The number of rotatable bonds is 7. The third-order valence-corrected chi connectivity index (χ3v) is 3.51. The Morgan fingerprint density at radius 2 is 2.06 bits per heavy atom. The van der Waals surface area contributed by atoms with Gasteiger partial charge in [0.1, 0.15) is 11.5 Å². The SMILES string of the molecule is Cc1ccc(CNS(=O)(=O)CCNC(C)C)o1. The third kappa shape index (κ3) is 5.86. The Morgan fingerprint density at radius 1 is 1.35 bits per heavy atom. The average molecular weight is 260 g/mol. The van der Waals surface area contributed by atoms with Gasteiger partial charge >= 0.3 is 0 Å². The minimum Gasteiger partial charge on any atom is -0.465 e. The van der Waals surface area contributed by atoms with Crippen LogP contribution < -0.4 is 10.0 Å². The lowest BCUT2D eigenvalue weighted by Gasteiger charge is -2.08. The van der Waals surface area contributed by atoms with Gasteiger partial charge in [0.15, 0.2) is 0 Å². The van der Waals surface area contributed by atoms with Crippen molar-refractivity contribution in [2.45, 2.75) is 33.4 Å². The molecule has 2 N–H and O–H groups in total. The van der Waals surface area contributed by atoms with Gasteiger partial charge in [0.05, 0.1) is 12.3 Å². The fourth-order valence-corrected chi connectivity index (χ4v) is 2.21. The molecular weight excluding hydrogens is 240 g/mol. The second-order valence-corrected chi connectivity index (χ2v) is 6.19. The van der Waals surface area contributed by atoms with Crippen LogP contribution >= 0.6 is 0 Å². The third-order valence-electron chi connectivity index (χ3n) is 2.19. The molecule has 98 valence electrons. The molecule has 0 aliphatic carbocycles. The molecule has 0 aromatic carbocycles. The Kier molecular flexibility index (Phi) is 5.17. The quantitative estimate of drug-likeness (QED) is 0.767. The molecule has 17 heavy (non-hydrogen) atoms. The van der Waals surface area contributed by atoms with Crippen molar-refractivity contribution in [3.63, 3.8) is 0 Å². The summed E-state index contributed by atoms with van der Waals surface area (Å²) in [6.07, 6.45) is 0. The van der Waals surface area contributed by atoms with Gasteiger partial charge in [-0.25, -0.2) is 13.1 Å². The molecule has 0 atom stereocenters. The number of aryl methyl sites for hydroxylation is 1.